The van der Waals surface area contributed by atoms with Crippen molar-refractivity contribution in [1.29, 1.82) is 0 Å². The van der Waals surface area contributed by atoms with Crippen LogP contribution in [0.15, 0.2) is 11.6 Å². The summed E-state index contributed by atoms with van der Waals surface area (Å²) in [6, 6.07) is 0. The summed E-state index contributed by atoms with van der Waals surface area (Å²) < 4.78 is 0. The van der Waals surface area contributed by atoms with Gasteiger partial charge in [-0.15, -0.1) is 0 Å². The minimum Gasteiger partial charge on any atom is -0.393 e. The Morgan fingerprint density at radius 1 is 1.35 bits per heavy atom. The van der Waals surface area contributed by atoms with Gasteiger partial charge in [-0.3, -0.25) is 0 Å². The molecule has 114 valence electrons. The molecule has 1 saturated carbocycles. The van der Waals surface area contributed by atoms with Crippen LogP contribution >= 0.6 is 0 Å². The summed E-state index contributed by atoms with van der Waals surface area (Å²) in [7, 11) is 0. The first kappa shape index (κ1) is 15.8. The van der Waals surface area contributed by atoms with Crippen LogP contribution in [-0.2, 0) is 4.79 Å². The quantitative estimate of drug-likeness (QED) is 0.788. The van der Waals surface area contributed by atoms with Crippen molar-refractivity contribution in [3.8, 4) is 0 Å². The van der Waals surface area contributed by atoms with Crippen molar-refractivity contribution in [2.75, 3.05) is 0 Å². The zero-order valence-corrected chi connectivity index (χ0v) is 13.7. The van der Waals surface area contributed by atoms with Crippen molar-refractivity contribution in [3.05, 3.63) is 11.6 Å². The van der Waals surface area contributed by atoms with Crippen LogP contribution in [0.3, 0.4) is 0 Å². The maximum atomic E-state index is 11.4. The third-order valence-corrected chi connectivity index (χ3v) is 5.98. The first-order valence-electron chi connectivity index (χ1n) is 8.01. The van der Waals surface area contributed by atoms with Gasteiger partial charge in [-0.1, -0.05) is 32.4 Å². The maximum absolute atomic E-state index is 11.4. The van der Waals surface area contributed by atoms with Crippen LogP contribution in [0, 0.1) is 22.7 Å². The molecule has 0 heterocycles. The van der Waals surface area contributed by atoms with Gasteiger partial charge in [-0.05, 0) is 62.2 Å². The lowest BCUT2D eigenvalue weighted by Gasteiger charge is -2.58. The summed E-state index contributed by atoms with van der Waals surface area (Å²) in [5, 5.41) is 10.3. The Bertz CT molecular complexity index is 421. The van der Waals surface area contributed by atoms with Gasteiger partial charge in [0.15, 0.2) is 0 Å². The molecule has 2 rings (SSSR count). The highest BCUT2D eigenvalue weighted by molar-refractivity contribution is 5.75. The van der Waals surface area contributed by atoms with Crippen LogP contribution in [-0.4, -0.2) is 17.0 Å². The molecule has 1 fully saturated rings. The van der Waals surface area contributed by atoms with Crippen LogP contribution in [0.4, 0.5) is 0 Å². The molecule has 0 unspecified atom stereocenters. The number of fused-ring (bicyclic) bond motifs is 1. The van der Waals surface area contributed by atoms with Gasteiger partial charge in [-0.2, -0.15) is 0 Å². The molecule has 0 aromatic heterocycles. The molecular weight excluding hydrogens is 248 g/mol. The fraction of sp³-hybridized carbons (Fsp3) is 0.833. The molecule has 2 aliphatic carbocycles. The summed E-state index contributed by atoms with van der Waals surface area (Å²) >= 11 is 0. The Hall–Kier alpha value is -0.630. The highest BCUT2D eigenvalue weighted by Gasteiger charge is 2.53. The van der Waals surface area contributed by atoms with E-state index in [9.17, 15) is 9.90 Å². The number of allylic oxidation sites excluding steroid dienone is 2. The van der Waals surface area contributed by atoms with Gasteiger partial charge in [0, 0.05) is 6.42 Å². The van der Waals surface area contributed by atoms with Crippen molar-refractivity contribution in [2.24, 2.45) is 22.7 Å². The van der Waals surface area contributed by atoms with Gasteiger partial charge < -0.3 is 9.90 Å². The monoisotopic (exact) mass is 278 g/mol. The summed E-state index contributed by atoms with van der Waals surface area (Å²) in [5.74, 6) is 1.33. The first-order chi connectivity index (χ1) is 9.17. The SMILES string of the molecule is CC(=O)CC[C@H]1C(C)=CC[C@H]2C(C)(C)C[C@H](O)C[C@]12C. The first-order valence-corrected chi connectivity index (χ1v) is 8.01. The third kappa shape index (κ3) is 2.72. The molecule has 0 saturated heterocycles. The van der Waals surface area contributed by atoms with Gasteiger partial charge in [0.05, 0.1) is 6.10 Å². The number of ketones is 1. The number of carbonyl (C=O) groups excluding carboxylic acids is 1. The molecule has 0 bridgehead atoms. The standard InChI is InChI=1S/C18H30O2/c1-12-6-9-16-17(3,4)10-14(20)11-18(16,5)15(12)8-7-13(2)19/h6,14-16,20H,7-11H2,1-5H3/t14-,15-,16-,18+/m0/s1. The van der Waals surface area contributed by atoms with Crippen molar-refractivity contribution < 1.29 is 9.90 Å². The Morgan fingerprint density at radius 3 is 2.60 bits per heavy atom. The summed E-state index contributed by atoms with van der Waals surface area (Å²) in [5.41, 5.74) is 1.74. The fourth-order valence-electron chi connectivity index (χ4n) is 5.21. The van der Waals surface area contributed by atoms with Gasteiger partial charge in [0.25, 0.3) is 0 Å². The molecule has 20 heavy (non-hydrogen) atoms. The van der Waals surface area contributed by atoms with Crippen LogP contribution in [0.5, 0.6) is 0 Å². The lowest BCUT2D eigenvalue weighted by Crippen LogP contribution is -2.52. The van der Waals surface area contributed by atoms with Crippen LogP contribution in [0.25, 0.3) is 0 Å². The molecule has 0 aliphatic heterocycles. The normalized spacial score (nSPS) is 39.9. The molecule has 0 aromatic carbocycles. The third-order valence-electron chi connectivity index (χ3n) is 5.98. The zero-order valence-electron chi connectivity index (χ0n) is 13.7. The largest absolute Gasteiger partial charge is 0.393 e. The lowest BCUT2D eigenvalue weighted by atomic mass is 9.47. The summed E-state index contributed by atoms with van der Waals surface area (Å²) in [6.45, 7) is 10.8. The maximum Gasteiger partial charge on any atom is 0.129 e. The topological polar surface area (TPSA) is 37.3 Å². The van der Waals surface area contributed by atoms with Crippen LogP contribution < -0.4 is 0 Å². The number of hydrogen-bond donors (Lipinski definition) is 1. The molecule has 0 aromatic rings. The van der Waals surface area contributed by atoms with E-state index in [0.29, 0.717) is 18.3 Å². The van der Waals surface area contributed by atoms with E-state index in [1.807, 2.05) is 0 Å². The van der Waals surface area contributed by atoms with Gasteiger partial charge in [0.2, 0.25) is 0 Å². The number of aliphatic hydroxyl groups is 1. The smallest absolute Gasteiger partial charge is 0.129 e. The molecule has 2 heteroatoms. The van der Waals surface area contributed by atoms with E-state index in [1.165, 1.54) is 5.57 Å². The Balaban J connectivity index is 2.32. The molecule has 2 nitrogen and oxygen atoms in total. The van der Waals surface area contributed by atoms with Crippen molar-refractivity contribution in [1.82, 2.24) is 0 Å². The second-order valence-corrected chi connectivity index (χ2v) is 8.09. The molecule has 2 aliphatic rings. The van der Waals surface area contributed by atoms with E-state index in [0.717, 1.165) is 25.7 Å². The Morgan fingerprint density at radius 2 is 2.00 bits per heavy atom. The minimum absolute atomic E-state index is 0.134. The predicted molar refractivity (Wildman–Crippen MR) is 82.4 cm³/mol. The second-order valence-electron chi connectivity index (χ2n) is 8.09. The fourth-order valence-corrected chi connectivity index (χ4v) is 5.21. The van der Waals surface area contributed by atoms with E-state index in [2.05, 4.69) is 33.8 Å². The number of hydrogen-bond acceptors (Lipinski definition) is 2. The number of aliphatic hydroxyl groups excluding tert-OH is 1. The van der Waals surface area contributed by atoms with E-state index < -0.39 is 0 Å². The number of rotatable bonds is 3. The molecule has 0 amide bonds. The van der Waals surface area contributed by atoms with E-state index in [-0.39, 0.29) is 22.7 Å². The molecule has 0 radical (unpaired) electrons. The molecular formula is C18H30O2. The zero-order chi connectivity index (χ0) is 15.1. The van der Waals surface area contributed by atoms with Gasteiger partial charge in [-0.25, -0.2) is 0 Å². The Kier molecular flexibility index (Phi) is 4.17. The number of Topliss-reactive ketones (excluding diaryl/α,β-unsaturated/α-hetero) is 1. The van der Waals surface area contributed by atoms with Crippen molar-refractivity contribution >= 4 is 5.78 Å². The van der Waals surface area contributed by atoms with Crippen molar-refractivity contribution in [3.63, 3.8) is 0 Å². The van der Waals surface area contributed by atoms with Gasteiger partial charge in [0.1, 0.15) is 5.78 Å². The van der Waals surface area contributed by atoms with Crippen LogP contribution in [0.1, 0.15) is 66.7 Å². The molecule has 1 N–H and O–H groups in total. The highest BCUT2D eigenvalue weighted by atomic mass is 16.3. The summed E-state index contributed by atoms with van der Waals surface area (Å²) in [4.78, 5) is 11.4. The molecule has 4 atom stereocenters. The van der Waals surface area contributed by atoms with E-state index >= 15 is 0 Å². The lowest BCUT2D eigenvalue weighted by molar-refractivity contribution is -0.118. The number of carbonyl (C=O) groups is 1. The highest BCUT2D eigenvalue weighted by Crippen LogP contribution is 2.60. The van der Waals surface area contributed by atoms with Gasteiger partial charge >= 0.3 is 0 Å². The average Bonchev–Trinajstić information content (AvgIpc) is 2.24. The van der Waals surface area contributed by atoms with Crippen molar-refractivity contribution in [2.45, 2.75) is 72.8 Å². The Labute approximate surface area is 123 Å². The van der Waals surface area contributed by atoms with Crippen LogP contribution in [0.2, 0.25) is 0 Å². The average molecular weight is 278 g/mol. The second kappa shape index (κ2) is 5.29. The minimum atomic E-state index is -0.197. The van der Waals surface area contributed by atoms with E-state index in [4.69, 9.17) is 0 Å². The predicted octanol–water partition coefficient (Wildman–Crippen LogP) is 4.13. The van der Waals surface area contributed by atoms with E-state index in [1.54, 1.807) is 6.92 Å². The molecule has 0 spiro atoms. The summed E-state index contributed by atoms with van der Waals surface area (Å²) in [6.07, 6.45) is 6.70.